The van der Waals surface area contributed by atoms with Crippen LogP contribution in [0.4, 0.5) is 4.79 Å². The van der Waals surface area contributed by atoms with E-state index in [1.54, 1.807) is 14.0 Å². The largest absolute Gasteiger partial charge is 0.619 e. The Morgan fingerprint density at radius 2 is 1.89 bits per heavy atom. The average Bonchev–Trinajstić information content (AvgIpc) is 3.43. The number of β-lactam (4-membered cyclic amide) rings is 1. The summed E-state index contributed by atoms with van der Waals surface area (Å²) >= 11 is 2.10. The number of carboxylic acid groups (broad SMARTS) is 1. The van der Waals surface area contributed by atoms with Gasteiger partial charge in [0.1, 0.15) is 11.8 Å². The van der Waals surface area contributed by atoms with Crippen LogP contribution in [-0.4, -0.2) is 123 Å². The van der Waals surface area contributed by atoms with Crippen molar-refractivity contribution in [3.63, 3.8) is 0 Å². The van der Waals surface area contributed by atoms with E-state index in [1.807, 2.05) is 0 Å². The average molecular weight is 662 g/mol. The summed E-state index contributed by atoms with van der Waals surface area (Å²) in [5, 5.41) is 48.5. The number of nitrogens with one attached hydrogen (secondary N) is 2. The Bertz CT molecular complexity index is 1610. The highest BCUT2D eigenvalue weighted by Gasteiger charge is 2.66. The van der Waals surface area contributed by atoms with E-state index in [0.717, 1.165) is 23.5 Å². The Balaban J connectivity index is 1.35. The van der Waals surface area contributed by atoms with Gasteiger partial charge in [0.25, 0.3) is 0 Å². The topological polar surface area (TPSA) is 240 Å². The van der Waals surface area contributed by atoms with E-state index >= 15 is 0 Å². The lowest BCUT2D eigenvalue weighted by atomic mass is 10.00. The molecule has 0 aliphatic carbocycles. The molecule has 2 fully saturated rings. The standard InChI is InChI=1S/C25H27N9O9S2/c1-3-32-8-9-33(20(38)19(32)37)24(42)27-15(12-4-6-14(35)7-5-12)18(36)26-16-21(39)34(43)17(23(40)41)13(10-44-22(16)34)11-45-25-28-29-30-31(25)2/h4-7,15-16,22,35H,3,8-11H2,1-2H3,(H,26,36)(H,27,42)(H,40,41)/t15-,16-,22-,34?/m1/s1. The zero-order valence-corrected chi connectivity index (χ0v) is 25.4. The summed E-state index contributed by atoms with van der Waals surface area (Å²) in [6.45, 7) is 1.92. The monoisotopic (exact) mass is 661 g/mol. The number of rotatable bonds is 9. The molecule has 45 heavy (non-hydrogen) atoms. The van der Waals surface area contributed by atoms with Crippen molar-refractivity contribution in [2.45, 2.75) is 29.5 Å². The Kier molecular flexibility index (Phi) is 8.83. The number of aromatic nitrogens is 4. The first kappa shape index (κ1) is 31.9. The highest BCUT2D eigenvalue weighted by Crippen LogP contribution is 2.48. The molecule has 0 bridgehead atoms. The molecule has 1 aromatic heterocycles. The van der Waals surface area contributed by atoms with Gasteiger partial charge in [-0.15, -0.1) is 5.10 Å². The van der Waals surface area contributed by atoms with E-state index in [-0.39, 0.29) is 48.0 Å². The summed E-state index contributed by atoms with van der Waals surface area (Å²) in [5.41, 5.74) is -0.282. The van der Waals surface area contributed by atoms with Gasteiger partial charge in [-0.05, 0) is 35.0 Å². The number of amides is 6. The molecule has 0 radical (unpaired) electrons. The van der Waals surface area contributed by atoms with E-state index < -0.39 is 63.4 Å². The van der Waals surface area contributed by atoms with Crippen LogP contribution in [0.3, 0.4) is 0 Å². The second kappa shape index (κ2) is 12.5. The van der Waals surface area contributed by atoms with Crippen molar-refractivity contribution in [2.75, 3.05) is 31.1 Å². The normalized spacial score (nSPS) is 23.8. The number of thioether (sulfide) groups is 2. The highest BCUT2D eigenvalue weighted by atomic mass is 32.2. The molecule has 5 rings (SSSR count). The number of nitrogens with zero attached hydrogens (tertiary/aromatic N) is 7. The fourth-order valence-corrected chi connectivity index (χ4v) is 7.51. The number of carboxylic acids is 1. The van der Waals surface area contributed by atoms with E-state index in [0.29, 0.717) is 10.1 Å². The lowest BCUT2D eigenvalue weighted by Gasteiger charge is -2.57. The number of quaternary nitrogens is 1. The first-order valence-corrected chi connectivity index (χ1v) is 15.5. The van der Waals surface area contributed by atoms with Crippen LogP contribution < -0.4 is 10.6 Å². The van der Waals surface area contributed by atoms with E-state index in [4.69, 9.17) is 0 Å². The number of piperazine rings is 1. The molecule has 4 N–H and O–H groups in total. The summed E-state index contributed by atoms with van der Waals surface area (Å²) in [6, 6.07) is 1.19. The van der Waals surface area contributed by atoms with Crippen LogP contribution >= 0.6 is 23.5 Å². The number of aromatic hydroxyl groups is 1. The third-order valence-corrected chi connectivity index (χ3v) is 10.0. The number of carbonyl (C=O) groups excluding carboxylic acids is 5. The van der Waals surface area contributed by atoms with Crippen LogP contribution in [0, 0.1) is 5.21 Å². The summed E-state index contributed by atoms with van der Waals surface area (Å²) in [5.74, 6) is -5.62. The Labute approximate surface area is 262 Å². The molecule has 2 saturated heterocycles. The summed E-state index contributed by atoms with van der Waals surface area (Å²) in [7, 11) is 1.59. The van der Waals surface area contributed by atoms with Gasteiger partial charge in [-0.2, -0.15) is 0 Å². The zero-order chi connectivity index (χ0) is 32.6. The van der Waals surface area contributed by atoms with Gasteiger partial charge in [0.15, 0.2) is 5.37 Å². The number of hydroxylamine groups is 3. The Hall–Kier alpha value is -4.53. The summed E-state index contributed by atoms with van der Waals surface area (Å²) in [6.07, 6.45) is 0. The number of hydrogen-bond acceptors (Lipinski definition) is 13. The fraction of sp³-hybridized carbons (Fsp3) is 0.400. The first-order valence-electron chi connectivity index (χ1n) is 13.5. The van der Waals surface area contributed by atoms with Gasteiger partial charge >= 0.3 is 29.7 Å². The maximum absolute atomic E-state index is 13.8. The molecule has 3 aliphatic rings. The van der Waals surface area contributed by atoms with Crippen LogP contribution in [0.25, 0.3) is 0 Å². The lowest BCUT2D eigenvalue weighted by Crippen LogP contribution is -2.79. The maximum Gasteiger partial charge on any atom is 0.391 e. The van der Waals surface area contributed by atoms with Crippen LogP contribution in [-0.2, 0) is 31.0 Å². The second-order valence-electron chi connectivity index (χ2n) is 10.1. The summed E-state index contributed by atoms with van der Waals surface area (Å²) < 4.78 is -0.430. The maximum atomic E-state index is 13.8. The number of phenols is 1. The van der Waals surface area contributed by atoms with Gasteiger partial charge in [0, 0.05) is 43.8 Å². The summed E-state index contributed by atoms with van der Waals surface area (Å²) in [4.78, 5) is 79.1. The van der Waals surface area contributed by atoms with E-state index in [1.165, 1.54) is 33.8 Å². The number of urea groups is 1. The van der Waals surface area contributed by atoms with Crippen molar-refractivity contribution in [2.24, 2.45) is 7.05 Å². The van der Waals surface area contributed by atoms with Crippen molar-refractivity contribution in [3.05, 3.63) is 46.3 Å². The van der Waals surface area contributed by atoms with Crippen LogP contribution in [0.5, 0.6) is 5.75 Å². The molecule has 6 amide bonds. The molecule has 4 heterocycles. The van der Waals surface area contributed by atoms with Gasteiger partial charge in [-0.25, -0.2) is 23.7 Å². The predicted octanol–water partition coefficient (Wildman–Crippen LogP) is -1.10. The smallest absolute Gasteiger partial charge is 0.391 e. The molecule has 18 nitrogen and oxygen atoms in total. The highest BCUT2D eigenvalue weighted by molar-refractivity contribution is 8.00. The number of benzene rings is 1. The number of carbonyl (C=O) groups is 6. The molecule has 1 aromatic carbocycles. The van der Waals surface area contributed by atoms with Crippen molar-refractivity contribution in [1.29, 1.82) is 0 Å². The van der Waals surface area contributed by atoms with E-state index in [9.17, 15) is 44.2 Å². The van der Waals surface area contributed by atoms with Crippen LogP contribution in [0.2, 0.25) is 0 Å². The number of hydrogen-bond donors (Lipinski definition) is 4. The second-order valence-corrected chi connectivity index (χ2v) is 12.2. The number of phenolic OH excluding ortho intramolecular Hbond substituents is 1. The molecular weight excluding hydrogens is 634 g/mol. The molecule has 2 aromatic rings. The van der Waals surface area contributed by atoms with Gasteiger partial charge in [0.05, 0.1) is 0 Å². The van der Waals surface area contributed by atoms with Gasteiger partial charge in [-0.1, -0.05) is 35.7 Å². The SMILES string of the molecule is CCN1CCN(C(=O)N[C@@H](C(=O)N[C@@H]2C(=O)[N+]3([O-])C(C(=O)O)=C(CSc4nnnn4C)CS[C@H]23)c2ccc(O)cc2)C(=O)C1=O. The molecule has 20 heteroatoms. The molecular formula is C25H27N9O9S2. The van der Waals surface area contributed by atoms with Crippen molar-refractivity contribution < 1.29 is 43.6 Å². The molecule has 4 atom stereocenters. The molecule has 0 spiro atoms. The van der Waals surface area contributed by atoms with E-state index in [2.05, 4.69) is 26.2 Å². The number of aryl methyl sites for hydroxylation is 1. The van der Waals surface area contributed by atoms with Crippen molar-refractivity contribution in [3.8, 4) is 5.75 Å². The van der Waals surface area contributed by atoms with Crippen LogP contribution in [0.15, 0.2) is 40.7 Å². The van der Waals surface area contributed by atoms with Crippen molar-refractivity contribution in [1.82, 2.24) is 40.6 Å². The number of imide groups is 1. The Morgan fingerprint density at radius 1 is 1.18 bits per heavy atom. The predicted molar refractivity (Wildman–Crippen MR) is 154 cm³/mol. The zero-order valence-electron chi connectivity index (χ0n) is 23.8. The molecule has 1 unspecified atom stereocenters. The minimum Gasteiger partial charge on any atom is -0.619 e. The number of fused-ring (bicyclic) bond motifs is 1. The Morgan fingerprint density at radius 3 is 2.51 bits per heavy atom. The molecule has 3 aliphatic heterocycles. The minimum atomic E-state index is -1.80. The number of aliphatic carboxylic acids is 1. The third-order valence-electron chi connectivity index (χ3n) is 7.48. The van der Waals surface area contributed by atoms with Crippen molar-refractivity contribution >= 4 is 59.2 Å². The first-order chi connectivity index (χ1) is 21.4. The third kappa shape index (κ3) is 5.72. The number of tetrazole rings is 1. The van der Waals surface area contributed by atoms with Gasteiger partial charge < -0.3 is 31.0 Å². The van der Waals surface area contributed by atoms with Crippen LogP contribution in [0.1, 0.15) is 18.5 Å². The van der Waals surface area contributed by atoms with Gasteiger partial charge in [-0.3, -0.25) is 19.3 Å². The lowest BCUT2D eigenvalue weighted by molar-refractivity contribution is -0.805. The minimum absolute atomic E-state index is 0.0325. The van der Waals surface area contributed by atoms with Gasteiger partial charge in [0.2, 0.25) is 22.8 Å². The number of likely N-dealkylation sites (N-methyl/N-ethyl adjacent to an activating group) is 1. The molecule has 238 valence electrons. The fourth-order valence-electron chi connectivity index (χ4n) is 5.12. The molecule has 0 saturated carbocycles. The quantitative estimate of drug-likeness (QED) is 0.0820.